The van der Waals surface area contributed by atoms with Crippen LogP contribution >= 0.6 is 11.6 Å². The van der Waals surface area contributed by atoms with Crippen molar-refractivity contribution in [2.75, 3.05) is 13.2 Å². The van der Waals surface area contributed by atoms with E-state index in [4.69, 9.17) is 26.8 Å². The number of hydrogen-bond acceptors (Lipinski definition) is 3. The highest BCUT2D eigenvalue weighted by Gasteiger charge is 2.39. The summed E-state index contributed by atoms with van der Waals surface area (Å²) in [5, 5.41) is 0.685. The van der Waals surface area contributed by atoms with Gasteiger partial charge in [0, 0.05) is 17.1 Å². The quantitative estimate of drug-likeness (QED) is 0.899. The van der Waals surface area contributed by atoms with Crippen molar-refractivity contribution < 1.29 is 9.47 Å². The van der Waals surface area contributed by atoms with Crippen LogP contribution in [0.5, 0.6) is 11.5 Å². The molecule has 2 atom stereocenters. The van der Waals surface area contributed by atoms with E-state index in [-0.39, 0.29) is 11.5 Å². The SMILES string of the molecule is CC1(C)CCCC1C(N)c1cc2c(cc1Cl)OCCO2. The van der Waals surface area contributed by atoms with Gasteiger partial charge in [-0.15, -0.1) is 0 Å². The molecular formula is C16H22ClNO2. The van der Waals surface area contributed by atoms with Gasteiger partial charge in [0.1, 0.15) is 13.2 Å². The number of halogens is 1. The second-order valence-corrected chi connectivity index (χ2v) is 6.94. The Morgan fingerprint density at radius 3 is 2.50 bits per heavy atom. The molecule has 2 N–H and O–H groups in total. The molecule has 4 heteroatoms. The molecule has 0 saturated heterocycles. The Morgan fingerprint density at radius 1 is 1.25 bits per heavy atom. The maximum Gasteiger partial charge on any atom is 0.162 e. The van der Waals surface area contributed by atoms with E-state index in [2.05, 4.69) is 13.8 Å². The van der Waals surface area contributed by atoms with Gasteiger partial charge in [0.2, 0.25) is 0 Å². The third-order valence-electron chi connectivity index (χ3n) is 4.79. The zero-order valence-electron chi connectivity index (χ0n) is 12.1. The molecule has 3 nitrogen and oxygen atoms in total. The zero-order chi connectivity index (χ0) is 14.3. The van der Waals surface area contributed by atoms with E-state index in [0.29, 0.717) is 24.2 Å². The normalized spacial score (nSPS) is 25.5. The van der Waals surface area contributed by atoms with Crippen LogP contribution in [0.1, 0.15) is 44.7 Å². The molecule has 0 radical (unpaired) electrons. The van der Waals surface area contributed by atoms with Crippen molar-refractivity contribution in [3.05, 3.63) is 22.7 Å². The molecule has 0 bridgehead atoms. The van der Waals surface area contributed by atoms with Gasteiger partial charge in [0.25, 0.3) is 0 Å². The topological polar surface area (TPSA) is 44.5 Å². The van der Waals surface area contributed by atoms with E-state index >= 15 is 0 Å². The van der Waals surface area contributed by atoms with Gasteiger partial charge < -0.3 is 15.2 Å². The summed E-state index contributed by atoms with van der Waals surface area (Å²) in [6.45, 7) is 5.76. The van der Waals surface area contributed by atoms with Crippen molar-refractivity contribution in [1.29, 1.82) is 0 Å². The number of nitrogens with two attached hydrogens (primary N) is 1. The summed E-state index contributed by atoms with van der Waals surface area (Å²) >= 11 is 6.41. The fourth-order valence-electron chi connectivity index (χ4n) is 3.57. The second kappa shape index (κ2) is 5.12. The molecule has 1 aliphatic heterocycles. The average molecular weight is 296 g/mol. The molecule has 1 aromatic carbocycles. The van der Waals surface area contributed by atoms with Crippen LogP contribution in [0.25, 0.3) is 0 Å². The maximum atomic E-state index is 6.53. The largest absolute Gasteiger partial charge is 0.486 e. The Labute approximate surface area is 125 Å². The fourth-order valence-corrected chi connectivity index (χ4v) is 3.85. The molecule has 110 valence electrons. The molecule has 1 heterocycles. The molecular weight excluding hydrogens is 274 g/mol. The summed E-state index contributed by atoms with van der Waals surface area (Å²) in [5.41, 5.74) is 7.79. The molecule has 2 unspecified atom stereocenters. The summed E-state index contributed by atoms with van der Waals surface area (Å²) in [6, 6.07) is 3.76. The highest BCUT2D eigenvalue weighted by atomic mass is 35.5. The van der Waals surface area contributed by atoms with E-state index in [1.807, 2.05) is 12.1 Å². The Kier molecular flexibility index (Phi) is 3.59. The van der Waals surface area contributed by atoms with E-state index in [1.165, 1.54) is 19.3 Å². The Bertz CT molecular complexity index is 515. The van der Waals surface area contributed by atoms with Gasteiger partial charge in [-0.1, -0.05) is 31.9 Å². The highest BCUT2D eigenvalue weighted by molar-refractivity contribution is 6.31. The predicted molar refractivity (Wildman–Crippen MR) is 80.5 cm³/mol. The summed E-state index contributed by atoms with van der Waals surface area (Å²) in [5.74, 6) is 1.95. The first-order valence-electron chi connectivity index (χ1n) is 7.34. The van der Waals surface area contributed by atoms with Crippen LogP contribution in [-0.4, -0.2) is 13.2 Å². The molecule has 2 aliphatic rings. The summed E-state index contributed by atoms with van der Waals surface area (Å²) in [4.78, 5) is 0. The number of benzene rings is 1. The number of hydrogen-bond donors (Lipinski definition) is 1. The highest BCUT2D eigenvalue weighted by Crippen LogP contribution is 2.49. The van der Waals surface area contributed by atoms with Gasteiger partial charge in [-0.05, 0) is 35.8 Å². The number of ether oxygens (including phenoxy) is 2. The van der Waals surface area contributed by atoms with Gasteiger partial charge in [0.05, 0.1) is 0 Å². The van der Waals surface area contributed by atoms with Crippen molar-refractivity contribution in [3.8, 4) is 11.5 Å². The molecule has 20 heavy (non-hydrogen) atoms. The van der Waals surface area contributed by atoms with Crippen molar-refractivity contribution in [2.24, 2.45) is 17.1 Å². The van der Waals surface area contributed by atoms with Crippen LogP contribution in [0.3, 0.4) is 0 Å². The monoisotopic (exact) mass is 295 g/mol. The molecule has 3 rings (SSSR count). The lowest BCUT2D eigenvalue weighted by molar-refractivity contribution is 0.170. The summed E-state index contributed by atoms with van der Waals surface area (Å²) < 4.78 is 11.2. The smallest absolute Gasteiger partial charge is 0.162 e. The molecule has 0 spiro atoms. The standard InChI is InChI=1S/C16H22ClNO2/c1-16(2)5-3-4-11(16)15(18)10-8-13-14(9-12(10)17)20-7-6-19-13/h8-9,11,15H,3-7,18H2,1-2H3. The third kappa shape index (κ3) is 2.38. The first kappa shape index (κ1) is 14.0. The Morgan fingerprint density at radius 2 is 1.90 bits per heavy atom. The van der Waals surface area contributed by atoms with E-state index in [0.717, 1.165) is 17.1 Å². The fraction of sp³-hybridized carbons (Fsp3) is 0.625. The third-order valence-corrected chi connectivity index (χ3v) is 5.12. The lowest BCUT2D eigenvalue weighted by Gasteiger charge is -2.33. The van der Waals surface area contributed by atoms with Crippen molar-refractivity contribution >= 4 is 11.6 Å². The van der Waals surface area contributed by atoms with E-state index < -0.39 is 0 Å². The summed E-state index contributed by atoms with van der Waals surface area (Å²) in [7, 11) is 0. The minimum Gasteiger partial charge on any atom is -0.486 e. The average Bonchev–Trinajstić information content (AvgIpc) is 2.77. The molecule has 0 amide bonds. The number of fused-ring (bicyclic) bond motifs is 1. The van der Waals surface area contributed by atoms with Crippen molar-refractivity contribution in [3.63, 3.8) is 0 Å². The minimum absolute atomic E-state index is 0.0455. The van der Waals surface area contributed by atoms with Gasteiger partial charge in [-0.2, -0.15) is 0 Å². The lowest BCUT2D eigenvalue weighted by Crippen LogP contribution is -2.30. The van der Waals surface area contributed by atoms with Crippen LogP contribution in [0.2, 0.25) is 5.02 Å². The predicted octanol–water partition coefficient (Wildman–Crippen LogP) is 3.94. The first-order valence-corrected chi connectivity index (χ1v) is 7.71. The second-order valence-electron chi connectivity index (χ2n) is 6.53. The Hall–Kier alpha value is -0.930. The molecule has 0 aromatic heterocycles. The van der Waals surface area contributed by atoms with E-state index in [1.54, 1.807) is 0 Å². The lowest BCUT2D eigenvalue weighted by atomic mass is 9.76. The van der Waals surface area contributed by atoms with Crippen LogP contribution in [0.15, 0.2) is 12.1 Å². The van der Waals surface area contributed by atoms with Crippen LogP contribution < -0.4 is 15.2 Å². The van der Waals surface area contributed by atoms with Crippen molar-refractivity contribution in [2.45, 2.75) is 39.2 Å². The minimum atomic E-state index is -0.0455. The maximum absolute atomic E-state index is 6.53. The Balaban J connectivity index is 1.93. The van der Waals surface area contributed by atoms with E-state index in [9.17, 15) is 0 Å². The van der Waals surface area contributed by atoms with Crippen LogP contribution in [-0.2, 0) is 0 Å². The molecule has 1 fully saturated rings. The first-order chi connectivity index (χ1) is 9.49. The molecule has 1 aromatic rings. The van der Waals surface area contributed by atoms with Gasteiger partial charge >= 0.3 is 0 Å². The van der Waals surface area contributed by atoms with Gasteiger partial charge in [0.15, 0.2) is 11.5 Å². The number of rotatable bonds is 2. The summed E-state index contributed by atoms with van der Waals surface area (Å²) in [6.07, 6.45) is 3.64. The van der Waals surface area contributed by atoms with Crippen molar-refractivity contribution in [1.82, 2.24) is 0 Å². The van der Waals surface area contributed by atoms with Crippen LogP contribution in [0, 0.1) is 11.3 Å². The zero-order valence-corrected chi connectivity index (χ0v) is 12.9. The molecule has 1 saturated carbocycles. The molecule has 1 aliphatic carbocycles. The van der Waals surface area contributed by atoms with Crippen LogP contribution in [0.4, 0.5) is 0 Å². The van der Waals surface area contributed by atoms with Gasteiger partial charge in [-0.3, -0.25) is 0 Å². The van der Waals surface area contributed by atoms with Gasteiger partial charge in [-0.25, -0.2) is 0 Å².